The Balaban J connectivity index is 2.36. The number of hydrogen-bond acceptors (Lipinski definition) is 11. The molecule has 1 heterocycles. The monoisotopic (exact) mass is 588 g/mol. The summed E-state index contributed by atoms with van der Waals surface area (Å²) < 4.78 is 30.6. The van der Waals surface area contributed by atoms with E-state index in [-0.39, 0.29) is 32.7 Å². The number of unbranched alkanes of at least 4 members (excludes halogenated alkanes) is 1. The van der Waals surface area contributed by atoms with Crippen LogP contribution in [-0.4, -0.2) is 128 Å². The molecule has 0 radical (unpaired) electrons. The maximum absolute atomic E-state index is 12.8. The van der Waals surface area contributed by atoms with Crippen molar-refractivity contribution >= 4 is 29.9 Å². The molecule has 0 aliphatic carbocycles. The van der Waals surface area contributed by atoms with Crippen LogP contribution in [0.5, 0.6) is 0 Å². The van der Waals surface area contributed by atoms with Gasteiger partial charge < -0.3 is 44.4 Å². The van der Waals surface area contributed by atoms with Gasteiger partial charge >= 0.3 is 12.2 Å². The van der Waals surface area contributed by atoms with Gasteiger partial charge in [0.15, 0.2) is 0 Å². The van der Waals surface area contributed by atoms with E-state index in [1.54, 1.807) is 14.2 Å². The van der Waals surface area contributed by atoms with E-state index in [0.717, 1.165) is 17.1 Å². The summed E-state index contributed by atoms with van der Waals surface area (Å²) in [7, 11) is 3.16. The predicted molar refractivity (Wildman–Crippen MR) is 145 cm³/mol. The standard InChI is InChI=1S/C26H44N4O11/c1-36-17-19-38-13-5-15-40-25(34)28-10-4-3-7-21(29-26(35)41-16-6-14-39-20-18-37-2)24(33)27-11-12-30-22(31)8-9-23(30)32/h8-9,21H,3-7,10-20H2,1-2H3,(H,27,33)(H,28,34)(H,29,35). The fraction of sp³-hybridized carbons (Fsp3) is 0.731. The van der Waals surface area contributed by atoms with Crippen LogP contribution in [0.2, 0.25) is 0 Å². The average molecular weight is 589 g/mol. The van der Waals surface area contributed by atoms with E-state index in [4.69, 9.17) is 28.4 Å². The van der Waals surface area contributed by atoms with Crippen LogP contribution < -0.4 is 16.0 Å². The molecule has 1 aliphatic rings. The van der Waals surface area contributed by atoms with E-state index < -0.39 is 35.9 Å². The van der Waals surface area contributed by atoms with Crippen LogP contribution >= 0.6 is 0 Å². The third kappa shape index (κ3) is 17.9. The SMILES string of the molecule is COCCOCCCOC(=O)NCCCCC(NC(=O)OCCCOCCOC)C(=O)NCCN1C(=O)C=CC1=O. The molecule has 234 valence electrons. The third-order valence-corrected chi connectivity index (χ3v) is 5.53. The largest absolute Gasteiger partial charge is 0.449 e. The van der Waals surface area contributed by atoms with E-state index in [1.807, 2.05) is 0 Å². The fourth-order valence-corrected chi connectivity index (χ4v) is 3.37. The molecule has 1 aliphatic heterocycles. The van der Waals surface area contributed by atoms with Gasteiger partial charge in [-0.3, -0.25) is 19.3 Å². The number of amides is 5. The number of carbonyl (C=O) groups is 5. The Hall–Kier alpha value is -3.27. The van der Waals surface area contributed by atoms with Gasteiger partial charge in [-0.15, -0.1) is 0 Å². The zero-order chi connectivity index (χ0) is 30.1. The van der Waals surface area contributed by atoms with Crippen molar-refractivity contribution in [1.29, 1.82) is 0 Å². The number of alkyl carbamates (subject to hydrolysis) is 2. The quantitative estimate of drug-likeness (QED) is 0.103. The maximum atomic E-state index is 12.8. The Morgan fingerprint density at radius 1 is 0.707 bits per heavy atom. The molecule has 1 rings (SSSR count). The number of carbonyl (C=O) groups excluding carboxylic acids is 5. The number of nitrogens with one attached hydrogen (secondary N) is 3. The highest BCUT2D eigenvalue weighted by Crippen LogP contribution is 2.04. The molecule has 0 spiro atoms. The molecule has 1 atom stereocenters. The lowest BCUT2D eigenvalue weighted by Gasteiger charge is -2.20. The second-order valence-corrected chi connectivity index (χ2v) is 8.76. The van der Waals surface area contributed by atoms with Crippen LogP contribution in [0.15, 0.2) is 12.2 Å². The summed E-state index contributed by atoms with van der Waals surface area (Å²) in [4.78, 5) is 61.2. The van der Waals surface area contributed by atoms with Crippen LogP contribution in [0.25, 0.3) is 0 Å². The first-order chi connectivity index (χ1) is 19.9. The Kier molecular flexibility index (Phi) is 20.4. The lowest BCUT2D eigenvalue weighted by atomic mass is 10.1. The zero-order valence-electron chi connectivity index (χ0n) is 24.0. The van der Waals surface area contributed by atoms with Gasteiger partial charge in [-0.25, -0.2) is 9.59 Å². The molecule has 15 heteroatoms. The first-order valence-corrected chi connectivity index (χ1v) is 13.7. The summed E-state index contributed by atoms with van der Waals surface area (Å²) in [6, 6.07) is -0.923. The zero-order valence-corrected chi connectivity index (χ0v) is 24.0. The highest BCUT2D eigenvalue weighted by Gasteiger charge is 2.24. The third-order valence-electron chi connectivity index (χ3n) is 5.53. The summed E-state index contributed by atoms with van der Waals surface area (Å²) in [5.41, 5.74) is 0. The van der Waals surface area contributed by atoms with E-state index in [9.17, 15) is 24.0 Å². The summed E-state index contributed by atoms with van der Waals surface area (Å²) in [5, 5.41) is 7.82. The summed E-state index contributed by atoms with van der Waals surface area (Å²) in [6.07, 6.45) is 3.33. The van der Waals surface area contributed by atoms with Crippen LogP contribution in [-0.2, 0) is 42.8 Å². The van der Waals surface area contributed by atoms with E-state index in [1.165, 1.54) is 0 Å². The lowest BCUT2D eigenvalue weighted by molar-refractivity contribution is -0.137. The molecule has 1 unspecified atom stereocenters. The smallest absolute Gasteiger partial charge is 0.407 e. The molecule has 0 aromatic heterocycles. The second-order valence-electron chi connectivity index (χ2n) is 8.76. The molecular weight excluding hydrogens is 544 g/mol. The van der Waals surface area contributed by atoms with Crippen molar-refractivity contribution < 1.29 is 52.4 Å². The molecular formula is C26H44N4O11. The number of hydrogen-bond donors (Lipinski definition) is 3. The fourth-order valence-electron chi connectivity index (χ4n) is 3.37. The minimum atomic E-state index is -0.923. The molecule has 3 N–H and O–H groups in total. The van der Waals surface area contributed by atoms with Crippen molar-refractivity contribution in [2.75, 3.05) is 86.7 Å². The van der Waals surface area contributed by atoms with Crippen LogP contribution in [0.3, 0.4) is 0 Å². The molecule has 0 bridgehead atoms. The first-order valence-electron chi connectivity index (χ1n) is 13.7. The molecule has 15 nitrogen and oxygen atoms in total. The normalized spacial score (nSPS) is 13.3. The van der Waals surface area contributed by atoms with Gasteiger partial charge in [0.25, 0.3) is 11.8 Å². The maximum Gasteiger partial charge on any atom is 0.407 e. The highest BCUT2D eigenvalue weighted by molar-refractivity contribution is 6.12. The molecule has 0 fully saturated rings. The Morgan fingerprint density at radius 3 is 1.88 bits per heavy atom. The minimum absolute atomic E-state index is 0.00194. The second kappa shape index (κ2) is 23.4. The highest BCUT2D eigenvalue weighted by atomic mass is 16.6. The topological polar surface area (TPSA) is 180 Å². The average Bonchev–Trinajstić information content (AvgIpc) is 3.27. The van der Waals surface area contributed by atoms with Gasteiger partial charge in [-0.1, -0.05) is 0 Å². The molecule has 0 aromatic carbocycles. The number of rotatable bonds is 24. The van der Waals surface area contributed by atoms with Gasteiger partial charge in [0, 0.05) is 72.1 Å². The van der Waals surface area contributed by atoms with Crippen molar-refractivity contribution in [3.05, 3.63) is 12.2 Å². The number of imide groups is 1. The van der Waals surface area contributed by atoms with E-state index in [2.05, 4.69) is 16.0 Å². The van der Waals surface area contributed by atoms with Crippen molar-refractivity contribution in [1.82, 2.24) is 20.9 Å². The number of nitrogens with zero attached hydrogens (tertiary/aromatic N) is 1. The number of ether oxygens (including phenoxy) is 6. The van der Waals surface area contributed by atoms with Gasteiger partial charge in [0.1, 0.15) is 6.04 Å². The molecule has 0 aromatic rings. The Bertz CT molecular complexity index is 807. The van der Waals surface area contributed by atoms with Crippen molar-refractivity contribution in [3.63, 3.8) is 0 Å². The van der Waals surface area contributed by atoms with Crippen LogP contribution in [0.1, 0.15) is 32.1 Å². The Morgan fingerprint density at radius 2 is 1.29 bits per heavy atom. The molecule has 41 heavy (non-hydrogen) atoms. The van der Waals surface area contributed by atoms with Gasteiger partial charge in [0.2, 0.25) is 5.91 Å². The van der Waals surface area contributed by atoms with Crippen molar-refractivity contribution in [2.24, 2.45) is 0 Å². The van der Waals surface area contributed by atoms with Gasteiger partial charge in [0.05, 0.1) is 39.6 Å². The minimum Gasteiger partial charge on any atom is -0.449 e. The summed E-state index contributed by atoms with van der Waals surface area (Å²) in [6.45, 7) is 3.40. The first kappa shape index (κ1) is 35.8. The molecule has 0 saturated heterocycles. The summed E-state index contributed by atoms with van der Waals surface area (Å²) >= 11 is 0. The van der Waals surface area contributed by atoms with E-state index >= 15 is 0 Å². The van der Waals surface area contributed by atoms with Gasteiger partial charge in [-0.05, 0) is 19.3 Å². The molecule has 5 amide bonds. The number of methoxy groups -OCH3 is 2. The summed E-state index contributed by atoms with van der Waals surface area (Å²) in [5.74, 6) is -1.39. The lowest BCUT2D eigenvalue weighted by Crippen LogP contribution is -2.48. The van der Waals surface area contributed by atoms with Crippen molar-refractivity contribution in [3.8, 4) is 0 Å². The Labute approximate surface area is 240 Å². The van der Waals surface area contributed by atoms with Crippen LogP contribution in [0.4, 0.5) is 9.59 Å². The van der Waals surface area contributed by atoms with Crippen molar-refractivity contribution in [2.45, 2.75) is 38.1 Å². The van der Waals surface area contributed by atoms with Gasteiger partial charge in [-0.2, -0.15) is 0 Å². The van der Waals surface area contributed by atoms with E-state index in [0.29, 0.717) is 71.9 Å². The predicted octanol–water partition coefficient (Wildman–Crippen LogP) is 0.125. The van der Waals surface area contributed by atoms with Crippen LogP contribution in [0, 0.1) is 0 Å². The molecule has 0 saturated carbocycles.